The normalized spacial score (nSPS) is 10.9. The van der Waals surface area contributed by atoms with E-state index in [9.17, 15) is 4.79 Å². The van der Waals surface area contributed by atoms with E-state index in [0.717, 1.165) is 40.8 Å². The van der Waals surface area contributed by atoms with Crippen LogP contribution >= 0.6 is 0 Å². The highest BCUT2D eigenvalue weighted by Crippen LogP contribution is 2.20. The third kappa shape index (κ3) is 5.22. The zero-order valence-electron chi connectivity index (χ0n) is 19.9. The molecule has 8 heteroatoms. The number of imidazole rings is 1. The van der Waals surface area contributed by atoms with Gasteiger partial charge in [-0.2, -0.15) is 0 Å². The molecule has 0 unspecified atom stereocenters. The van der Waals surface area contributed by atoms with Crippen LogP contribution in [0.3, 0.4) is 0 Å². The maximum Gasteiger partial charge on any atom is 0.253 e. The highest BCUT2D eigenvalue weighted by Gasteiger charge is 2.15. The van der Waals surface area contributed by atoms with E-state index < -0.39 is 0 Å². The maximum atomic E-state index is 13.1. The number of fused-ring (bicyclic) bond motifs is 1. The smallest absolute Gasteiger partial charge is 0.253 e. The van der Waals surface area contributed by atoms with Crippen LogP contribution in [0.25, 0.3) is 11.0 Å². The molecule has 0 saturated carbocycles. The molecule has 6 N–H and O–H groups in total. The number of amides is 1. The van der Waals surface area contributed by atoms with E-state index in [1.807, 2.05) is 61.6 Å². The Morgan fingerprint density at radius 2 is 1.40 bits per heavy atom. The monoisotopic (exact) mass is 467 g/mol. The second-order valence-corrected chi connectivity index (χ2v) is 8.67. The minimum absolute atomic E-state index is 0.0231. The Kier molecular flexibility index (Phi) is 6.64. The van der Waals surface area contributed by atoms with Crippen molar-refractivity contribution >= 4 is 28.6 Å². The summed E-state index contributed by atoms with van der Waals surface area (Å²) in [6.45, 7) is 0.449. The van der Waals surface area contributed by atoms with Crippen molar-refractivity contribution in [3.8, 4) is 0 Å². The third-order valence-corrected chi connectivity index (χ3v) is 6.15. The zero-order chi connectivity index (χ0) is 25.1. The van der Waals surface area contributed by atoms with Gasteiger partial charge in [0.15, 0.2) is 0 Å². The maximum absolute atomic E-state index is 13.1. The van der Waals surface area contributed by atoms with Crippen LogP contribution in [0.1, 0.15) is 38.4 Å². The first-order valence-electron chi connectivity index (χ1n) is 11.3. The predicted molar refractivity (Wildman–Crippen MR) is 139 cm³/mol. The summed E-state index contributed by atoms with van der Waals surface area (Å²) in [6.07, 6.45) is 1.57. The summed E-state index contributed by atoms with van der Waals surface area (Å²) in [5.41, 5.74) is 16.9. The highest BCUT2D eigenvalue weighted by atomic mass is 16.2. The molecule has 1 heterocycles. The number of nitrogens with one attached hydrogen (secondary N) is 2. The zero-order valence-corrected chi connectivity index (χ0v) is 19.9. The Morgan fingerprint density at radius 3 is 1.97 bits per heavy atom. The lowest BCUT2D eigenvalue weighted by molar-refractivity contribution is 0.0785. The van der Waals surface area contributed by atoms with Crippen molar-refractivity contribution in [2.24, 2.45) is 18.5 Å². The molecule has 0 bridgehead atoms. The van der Waals surface area contributed by atoms with E-state index in [-0.39, 0.29) is 17.6 Å². The van der Waals surface area contributed by atoms with Gasteiger partial charge in [0.05, 0.1) is 11.0 Å². The Bertz CT molecular complexity index is 1400. The Labute approximate surface area is 204 Å². The second kappa shape index (κ2) is 9.80. The lowest BCUT2D eigenvalue weighted by Gasteiger charge is -2.17. The molecule has 3 aromatic carbocycles. The lowest BCUT2D eigenvalue weighted by Crippen LogP contribution is -2.26. The quantitative estimate of drug-likeness (QED) is 0.233. The van der Waals surface area contributed by atoms with Gasteiger partial charge in [-0.25, -0.2) is 4.98 Å². The Hall–Kier alpha value is -4.46. The van der Waals surface area contributed by atoms with Gasteiger partial charge in [0.2, 0.25) is 0 Å². The van der Waals surface area contributed by atoms with Crippen LogP contribution in [0.5, 0.6) is 0 Å². The number of amidine groups is 2. The van der Waals surface area contributed by atoms with Crippen LogP contribution in [0.15, 0.2) is 66.7 Å². The van der Waals surface area contributed by atoms with E-state index in [1.54, 1.807) is 24.1 Å². The molecule has 4 rings (SSSR count). The van der Waals surface area contributed by atoms with Crippen LogP contribution in [0.2, 0.25) is 0 Å². The van der Waals surface area contributed by atoms with Crippen molar-refractivity contribution in [2.75, 3.05) is 7.05 Å². The van der Waals surface area contributed by atoms with E-state index in [4.69, 9.17) is 27.3 Å². The summed E-state index contributed by atoms with van der Waals surface area (Å²) >= 11 is 0. The van der Waals surface area contributed by atoms with Gasteiger partial charge in [0.1, 0.15) is 17.5 Å². The number of aryl methyl sites for hydroxylation is 3. The number of nitrogens with two attached hydrogens (primary N) is 2. The van der Waals surface area contributed by atoms with Crippen molar-refractivity contribution < 1.29 is 4.79 Å². The van der Waals surface area contributed by atoms with Crippen LogP contribution in [-0.4, -0.2) is 39.1 Å². The summed E-state index contributed by atoms with van der Waals surface area (Å²) in [5, 5.41) is 15.0. The second-order valence-electron chi connectivity index (χ2n) is 8.67. The summed E-state index contributed by atoms with van der Waals surface area (Å²) < 4.78 is 2.06. The standard InChI is InChI=1S/C27H29N7O/c1-33(16-18-5-10-20(11-6-18)26(30)31)27(35)21-12-13-23-22(15-21)32-24(34(23)2)14-7-17-3-8-19(9-4-17)25(28)29/h3-6,8-13,15H,7,14,16H2,1-2H3,(H3,28,29)(H3,30,31). The fraction of sp³-hybridized carbons (Fsp3) is 0.185. The van der Waals surface area contributed by atoms with Crippen LogP contribution in [0, 0.1) is 10.8 Å². The molecule has 0 fully saturated rings. The summed E-state index contributed by atoms with van der Waals surface area (Å²) in [4.78, 5) is 19.5. The van der Waals surface area contributed by atoms with Crippen LogP contribution < -0.4 is 11.5 Å². The molecule has 0 aliphatic carbocycles. The molecule has 35 heavy (non-hydrogen) atoms. The first-order chi connectivity index (χ1) is 16.7. The molecular weight excluding hydrogens is 438 g/mol. The van der Waals surface area contributed by atoms with Gasteiger partial charge in [-0.15, -0.1) is 0 Å². The van der Waals surface area contributed by atoms with Crippen LogP contribution in [-0.2, 0) is 26.4 Å². The number of hydrogen-bond donors (Lipinski definition) is 4. The van der Waals surface area contributed by atoms with Gasteiger partial charge in [-0.3, -0.25) is 15.6 Å². The van der Waals surface area contributed by atoms with Gasteiger partial charge in [0.25, 0.3) is 5.91 Å². The number of hydrogen-bond acceptors (Lipinski definition) is 4. The van der Waals surface area contributed by atoms with Gasteiger partial charge >= 0.3 is 0 Å². The number of nitrogens with zero attached hydrogens (tertiary/aromatic N) is 3. The molecule has 0 aliphatic heterocycles. The van der Waals surface area contributed by atoms with Crippen molar-refractivity contribution in [1.82, 2.24) is 14.5 Å². The molecule has 0 aliphatic rings. The van der Waals surface area contributed by atoms with Gasteiger partial charge in [-0.1, -0.05) is 48.5 Å². The molecule has 178 valence electrons. The SMILES string of the molecule is CN(Cc1ccc(C(=N)N)cc1)C(=O)c1ccc2c(c1)nc(CCc1ccc(C(=N)N)cc1)n2C. The van der Waals surface area contributed by atoms with Crippen molar-refractivity contribution in [2.45, 2.75) is 19.4 Å². The lowest BCUT2D eigenvalue weighted by atomic mass is 10.1. The predicted octanol–water partition coefficient (Wildman–Crippen LogP) is 3.20. The van der Waals surface area contributed by atoms with Gasteiger partial charge in [0, 0.05) is 43.8 Å². The first-order valence-corrected chi connectivity index (χ1v) is 11.3. The third-order valence-electron chi connectivity index (χ3n) is 6.15. The summed E-state index contributed by atoms with van der Waals surface area (Å²) in [7, 11) is 3.76. The molecule has 0 saturated heterocycles. The first kappa shape index (κ1) is 23.7. The molecular formula is C27H29N7O. The summed E-state index contributed by atoms with van der Waals surface area (Å²) in [6, 6.07) is 20.6. The van der Waals surface area contributed by atoms with E-state index >= 15 is 0 Å². The van der Waals surface area contributed by atoms with Gasteiger partial charge in [-0.05, 0) is 35.7 Å². The molecule has 1 aromatic heterocycles. The highest BCUT2D eigenvalue weighted by molar-refractivity contribution is 5.97. The number of carbonyl (C=O) groups excluding carboxylic acids is 1. The minimum atomic E-state index is -0.0830. The van der Waals surface area contributed by atoms with Crippen molar-refractivity contribution in [3.05, 3.63) is 100 Å². The number of carbonyl (C=O) groups is 1. The summed E-state index contributed by atoms with van der Waals surface area (Å²) in [5.74, 6) is 0.947. The van der Waals surface area contributed by atoms with E-state index in [2.05, 4.69) is 4.57 Å². The average Bonchev–Trinajstić information content (AvgIpc) is 3.17. The molecule has 0 radical (unpaired) electrons. The number of benzene rings is 3. The fourth-order valence-electron chi connectivity index (χ4n) is 4.07. The fourth-order valence-corrected chi connectivity index (χ4v) is 4.07. The average molecular weight is 468 g/mol. The molecule has 1 amide bonds. The van der Waals surface area contributed by atoms with E-state index in [1.165, 1.54) is 0 Å². The number of nitrogen functional groups attached to an aromatic ring is 2. The Balaban J connectivity index is 1.46. The van der Waals surface area contributed by atoms with Gasteiger partial charge < -0.3 is 20.9 Å². The van der Waals surface area contributed by atoms with E-state index in [0.29, 0.717) is 23.2 Å². The Morgan fingerprint density at radius 1 is 0.857 bits per heavy atom. The number of aromatic nitrogens is 2. The minimum Gasteiger partial charge on any atom is -0.384 e. The molecule has 4 aromatic rings. The molecule has 0 atom stereocenters. The molecule has 8 nitrogen and oxygen atoms in total. The molecule has 0 spiro atoms. The van der Waals surface area contributed by atoms with Crippen molar-refractivity contribution in [1.29, 1.82) is 10.8 Å². The topological polar surface area (TPSA) is 138 Å². The number of rotatable bonds is 8. The largest absolute Gasteiger partial charge is 0.384 e. The van der Waals surface area contributed by atoms with Crippen LogP contribution in [0.4, 0.5) is 0 Å². The van der Waals surface area contributed by atoms with Crippen molar-refractivity contribution in [3.63, 3.8) is 0 Å².